The van der Waals surface area contributed by atoms with E-state index in [1.165, 1.54) is 0 Å². The first-order valence-corrected chi connectivity index (χ1v) is 12.8. The molecule has 7 nitrogen and oxygen atoms in total. The zero-order valence-electron chi connectivity index (χ0n) is 18.8. The molecule has 1 saturated heterocycles. The molecule has 1 saturated carbocycles. The van der Waals surface area contributed by atoms with E-state index in [0.717, 1.165) is 81.5 Å². The molecular weight excluding hydrogens is 396 g/mol. The van der Waals surface area contributed by atoms with E-state index in [1.54, 1.807) is 7.05 Å². The summed E-state index contributed by atoms with van der Waals surface area (Å²) in [6, 6.07) is 4.61. The SMILES string of the molecule is CCN1CCN(c2ccc(CNC(=NC)NC3CCCC(S(=O)CC)C3)cn2)CC1. The number of aliphatic imine (C=N–C) groups is 1. The van der Waals surface area contributed by atoms with Crippen molar-refractivity contribution in [2.75, 3.05) is 50.4 Å². The molecule has 0 bridgehead atoms. The van der Waals surface area contributed by atoms with Crippen LogP contribution in [0.15, 0.2) is 23.3 Å². The van der Waals surface area contributed by atoms with Crippen LogP contribution in [0.4, 0.5) is 5.82 Å². The number of pyridine rings is 1. The number of anilines is 1. The summed E-state index contributed by atoms with van der Waals surface area (Å²) in [5, 5.41) is 7.25. The monoisotopic (exact) mass is 434 g/mol. The fourth-order valence-electron chi connectivity index (χ4n) is 4.33. The summed E-state index contributed by atoms with van der Waals surface area (Å²) in [4.78, 5) is 13.9. The first-order chi connectivity index (χ1) is 14.6. The Morgan fingerprint density at radius 3 is 2.67 bits per heavy atom. The van der Waals surface area contributed by atoms with Crippen molar-refractivity contribution in [1.82, 2.24) is 20.5 Å². The van der Waals surface area contributed by atoms with Crippen molar-refractivity contribution in [2.45, 2.75) is 57.4 Å². The van der Waals surface area contributed by atoms with E-state index in [4.69, 9.17) is 0 Å². The lowest BCUT2D eigenvalue weighted by atomic mass is 9.95. The highest BCUT2D eigenvalue weighted by Gasteiger charge is 2.26. The van der Waals surface area contributed by atoms with Crippen molar-refractivity contribution in [2.24, 2.45) is 4.99 Å². The average Bonchev–Trinajstić information content (AvgIpc) is 2.81. The van der Waals surface area contributed by atoms with E-state index >= 15 is 0 Å². The highest BCUT2D eigenvalue weighted by molar-refractivity contribution is 7.85. The molecule has 3 rings (SSSR count). The maximum Gasteiger partial charge on any atom is 0.191 e. The van der Waals surface area contributed by atoms with Crippen LogP contribution in [-0.4, -0.2) is 76.9 Å². The molecule has 2 N–H and O–H groups in total. The topological polar surface area (TPSA) is 72.9 Å². The number of likely N-dealkylation sites (N-methyl/N-ethyl adjacent to an activating group) is 1. The van der Waals surface area contributed by atoms with Crippen LogP contribution in [0, 0.1) is 0 Å². The minimum Gasteiger partial charge on any atom is -0.354 e. The van der Waals surface area contributed by atoms with Gasteiger partial charge in [-0.3, -0.25) is 9.20 Å². The normalized spacial score (nSPS) is 24.5. The van der Waals surface area contributed by atoms with E-state index in [2.05, 4.69) is 49.5 Å². The maximum atomic E-state index is 12.2. The van der Waals surface area contributed by atoms with Crippen LogP contribution in [0.2, 0.25) is 0 Å². The number of nitrogens with zero attached hydrogens (tertiary/aromatic N) is 4. The van der Waals surface area contributed by atoms with Gasteiger partial charge in [0.15, 0.2) is 5.96 Å². The van der Waals surface area contributed by atoms with Gasteiger partial charge in [-0.2, -0.15) is 0 Å². The third-order valence-corrected chi connectivity index (χ3v) is 8.00. The quantitative estimate of drug-likeness (QED) is 0.505. The minimum atomic E-state index is -0.707. The van der Waals surface area contributed by atoms with Crippen molar-refractivity contribution in [1.29, 1.82) is 0 Å². The second-order valence-corrected chi connectivity index (χ2v) is 10.2. The molecule has 1 aromatic heterocycles. The van der Waals surface area contributed by atoms with Crippen LogP contribution in [0.1, 0.15) is 45.1 Å². The first-order valence-electron chi connectivity index (χ1n) is 11.4. The molecule has 168 valence electrons. The van der Waals surface area contributed by atoms with Crippen molar-refractivity contribution >= 4 is 22.6 Å². The van der Waals surface area contributed by atoms with Gasteiger partial charge in [0.1, 0.15) is 5.82 Å². The largest absolute Gasteiger partial charge is 0.354 e. The van der Waals surface area contributed by atoms with Crippen LogP contribution in [0.25, 0.3) is 0 Å². The Morgan fingerprint density at radius 1 is 1.23 bits per heavy atom. The smallest absolute Gasteiger partial charge is 0.191 e. The summed E-state index contributed by atoms with van der Waals surface area (Å²) in [6.07, 6.45) is 6.24. The van der Waals surface area contributed by atoms with Gasteiger partial charge in [-0.1, -0.05) is 26.3 Å². The van der Waals surface area contributed by atoms with Gasteiger partial charge in [-0.25, -0.2) is 4.98 Å². The van der Waals surface area contributed by atoms with Crippen LogP contribution >= 0.6 is 0 Å². The predicted molar refractivity (Wildman–Crippen MR) is 127 cm³/mol. The Bertz CT molecular complexity index is 702. The summed E-state index contributed by atoms with van der Waals surface area (Å²) >= 11 is 0. The third kappa shape index (κ3) is 6.41. The molecule has 3 unspecified atom stereocenters. The van der Waals surface area contributed by atoms with Crippen molar-refractivity contribution in [3.05, 3.63) is 23.9 Å². The first kappa shape index (κ1) is 23.0. The zero-order valence-corrected chi connectivity index (χ0v) is 19.6. The Balaban J connectivity index is 1.46. The third-order valence-electron chi connectivity index (χ3n) is 6.26. The number of rotatable bonds is 7. The summed E-state index contributed by atoms with van der Waals surface area (Å²) in [7, 11) is 1.10. The summed E-state index contributed by atoms with van der Waals surface area (Å²) < 4.78 is 12.2. The summed E-state index contributed by atoms with van der Waals surface area (Å²) in [5.41, 5.74) is 1.14. The average molecular weight is 435 g/mol. The van der Waals surface area contributed by atoms with Gasteiger partial charge in [0, 0.05) is 73.8 Å². The zero-order chi connectivity index (χ0) is 21.3. The van der Waals surface area contributed by atoms with Crippen molar-refractivity contribution < 1.29 is 4.21 Å². The van der Waals surface area contributed by atoms with Gasteiger partial charge in [-0.05, 0) is 37.4 Å². The fraction of sp³-hybridized carbons (Fsp3) is 0.727. The molecule has 1 aliphatic heterocycles. The molecule has 0 aromatic carbocycles. The predicted octanol–water partition coefficient (Wildman–Crippen LogP) is 1.97. The van der Waals surface area contributed by atoms with Gasteiger partial charge in [0.05, 0.1) is 0 Å². The molecule has 2 aliphatic rings. The molecule has 0 amide bonds. The van der Waals surface area contributed by atoms with Crippen LogP contribution in [-0.2, 0) is 17.3 Å². The molecule has 1 aromatic rings. The molecule has 0 spiro atoms. The number of guanidine groups is 1. The lowest BCUT2D eigenvalue weighted by Crippen LogP contribution is -2.46. The molecule has 30 heavy (non-hydrogen) atoms. The Kier molecular flexibility index (Phi) is 8.93. The van der Waals surface area contributed by atoms with E-state index in [0.29, 0.717) is 17.8 Å². The van der Waals surface area contributed by atoms with E-state index in [-0.39, 0.29) is 0 Å². The summed E-state index contributed by atoms with van der Waals surface area (Å²) in [5.74, 6) is 2.62. The minimum absolute atomic E-state index is 0.315. The molecular formula is C22H38N6OS. The summed E-state index contributed by atoms with van der Waals surface area (Å²) in [6.45, 7) is 10.3. The molecule has 3 atom stereocenters. The molecule has 8 heteroatoms. The number of hydrogen-bond acceptors (Lipinski definition) is 5. The lowest BCUT2D eigenvalue weighted by molar-refractivity contribution is 0.270. The van der Waals surface area contributed by atoms with Crippen LogP contribution < -0.4 is 15.5 Å². The van der Waals surface area contributed by atoms with Gasteiger partial charge >= 0.3 is 0 Å². The van der Waals surface area contributed by atoms with Crippen molar-refractivity contribution in [3.63, 3.8) is 0 Å². The number of aromatic nitrogens is 1. The van der Waals surface area contributed by atoms with Gasteiger partial charge < -0.3 is 20.4 Å². The fourth-order valence-corrected chi connectivity index (χ4v) is 5.67. The Morgan fingerprint density at radius 2 is 2.03 bits per heavy atom. The van der Waals surface area contributed by atoms with Crippen molar-refractivity contribution in [3.8, 4) is 0 Å². The Hall–Kier alpha value is -1.67. The highest BCUT2D eigenvalue weighted by atomic mass is 32.2. The molecule has 2 fully saturated rings. The van der Waals surface area contributed by atoms with Crippen LogP contribution in [0.5, 0.6) is 0 Å². The van der Waals surface area contributed by atoms with Gasteiger partial charge in [0.2, 0.25) is 0 Å². The second kappa shape index (κ2) is 11.6. The van der Waals surface area contributed by atoms with Gasteiger partial charge in [0.25, 0.3) is 0 Å². The van der Waals surface area contributed by atoms with E-state index in [9.17, 15) is 4.21 Å². The number of nitrogens with one attached hydrogen (secondary N) is 2. The number of piperazine rings is 1. The Labute approximate surface area is 184 Å². The van der Waals surface area contributed by atoms with E-state index < -0.39 is 10.8 Å². The molecule has 2 heterocycles. The van der Waals surface area contributed by atoms with E-state index in [1.807, 2.05) is 13.1 Å². The molecule has 1 aliphatic carbocycles. The number of hydrogen-bond donors (Lipinski definition) is 2. The maximum absolute atomic E-state index is 12.2. The van der Waals surface area contributed by atoms with Crippen LogP contribution in [0.3, 0.4) is 0 Å². The van der Waals surface area contributed by atoms with Gasteiger partial charge in [-0.15, -0.1) is 0 Å². The standard InChI is InChI=1S/C22H38N6OS/c1-4-27-11-13-28(14-12-27)21-10-9-18(16-24-21)17-25-22(23-3)26-19-7-6-8-20(15-19)30(29)5-2/h9-10,16,19-20H,4-8,11-15,17H2,1-3H3,(H2,23,25,26). The lowest BCUT2D eigenvalue weighted by Gasteiger charge is -2.34. The highest BCUT2D eigenvalue weighted by Crippen LogP contribution is 2.23. The molecule has 0 radical (unpaired) electrons. The second-order valence-electron chi connectivity index (χ2n) is 8.17.